The van der Waals surface area contributed by atoms with Gasteiger partial charge in [0, 0.05) is 12.2 Å². The molecule has 0 unspecified atom stereocenters. The SMILES string of the molecule is CC[C](C)CNc1ccccc1. The molecule has 0 saturated heterocycles. The van der Waals surface area contributed by atoms with E-state index in [4.69, 9.17) is 0 Å². The average Bonchev–Trinajstić information content (AvgIpc) is 2.16. The highest BCUT2D eigenvalue weighted by molar-refractivity contribution is 5.43. The maximum Gasteiger partial charge on any atom is 0.0340 e. The molecule has 0 spiro atoms. The van der Waals surface area contributed by atoms with E-state index in [-0.39, 0.29) is 0 Å². The summed E-state index contributed by atoms with van der Waals surface area (Å²) in [6, 6.07) is 10.3. The van der Waals surface area contributed by atoms with Gasteiger partial charge in [0.15, 0.2) is 0 Å². The highest BCUT2D eigenvalue weighted by atomic mass is 14.9. The first-order valence-corrected chi connectivity index (χ1v) is 4.43. The summed E-state index contributed by atoms with van der Waals surface area (Å²) < 4.78 is 0. The Hall–Kier alpha value is -0.980. The van der Waals surface area contributed by atoms with Gasteiger partial charge in [-0.05, 0) is 24.5 Å². The van der Waals surface area contributed by atoms with Crippen LogP contribution in [-0.4, -0.2) is 6.54 Å². The second-order valence-electron chi connectivity index (χ2n) is 3.03. The number of rotatable bonds is 4. The van der Waals surface area contributed by atoms with E-state index < -0.39 is 0 Å². The lowest BCUT2D eigenvalue weighted by atomic mass is 10.1. The van der Waals surface area contributed by atoms with Gasteiger partial charge in [-0.3, -0.25) is 0 Å². The van der Waals surface area contributed by atoms with Crippen molar-refractivity contribution in [1.29, 1.82) is 0 Å². The second-order valence-corrected chi connectivity index (χ2v) is 3.03. The van der Waals surface area contributed by atoms with Crippen molar-refractivity contribution in [3.05, 3.63) is 36.2 Å². The molecule has 1 heteroatoms. The Morgan fingerprint density at radius 2 is 1.92 bits per heavy atom. The smallest absolute Gasteiger partial charge is 0.0340 e. The predicted octanol–water partition coefficient (Wildman–Crippen LogP) is 3.10. The van der Waals surface area contributed by atoms with E-state index in [1.54, 1.807) is 0 Å². The van der Waals surface area contributed by atoms with E-state index in [0.717, 1.165) is 13.0 Å². The largest absolute Gasteiger partial charge is 0.384 e. The van der Waals surface area contributed by atoms with Crippen LogP contribution < -0.4 is 5.32 Å². The van der Waals surface area contributed by atoms with Crippen molar-refractivity contribution < 1.29 is 0 Å². The zero-order valence-electron chi connectivity index (χ0n) is 7.80. The molecular formula is C11H16N. The minimum atomic E-state index is 0.987. The number of para-hydroxylation sites is 1. The van der Waals surface area contributed by atoms with Gasteiger partial charge in [0.1, 0.15) is 0 Å². The fourth-order valence-electron chi connectivity index (χ4n) is 0.934. The predicted molar refractivity (Wildman–Crippen MR) is 54.1 cm³/mol. The lowest BCUT2D eigenvalue weighted by molar-refractivity contribution is 0.876. The van der Waals surface area contributed by atoms with Gasteiger partial charge >= 0.3 is 0 Å². The van der Waals surface area contributed by atoms with Gasteiger partial charge in [0.2, 0.25) is 0 Å². The van der Waals surface area contributed by atoms with Crippen LogP contribution in [-0.2, 0) is 0 Å². The maximum absolute atomic E-state index is 3.36. The van der Waals surface area contributed by atoms with Crippen molar-refractivity contribution in [2.45, 2.75) is 20.3 Å². The molecule has 1 rings (SSSR count). The third-order valence-corrected chi connectivity index (χ3v) is 1.97. The number of hydrogen-bond acceptors (Lipinski definition) is 1. The number of benzene rings is 1. The highest BCUT2D eigenvalue weighted by Crippen LogP contribution is 2.08. The van der Waals surface area contributed by atoms with Crippen LogP contribution in [0.2, 0.25) is 0 Å². The topological polar surface area (TPSA) is 12.0 Å². The third-order valence-electron chi connectivity index (χ3n) is 1.97. The molecule has 1 radical (unpaired) electrons. The van der Waals surface area contributed by atoms with E-state index in [1.165, 1.54) is 11.6 Å². The van der Waals surface area contributed by atoms with Crippen LogP contribution in [0.3, 0.4) is 0 Å². The Morgan fingerprint density at radius 1 is 1.25 bits per heavy atom. The molecule has 0 aliphatic rings. The molecule has 1 aromatic rings. The Balaban J connectivity index is 2.33. The summed E-state index contributed by atoms with van der Waals surface area (Å²) in [6.45, 7) is 5.35. The summed E-state index contributed by atoms with van der Waals surface area (Å²) in [4.78, 5) is 0. The van der Waals surface area contributed by atoms with Crippen molar-refractivity contribution in [2.24, 2.45) is 0 Å². The van der Waals surface area contributed by atoms with Crippen molar-refractivity contribution in [2.75, 3.05) is 11.9 Å². The minimum absolute atomic E-state index is 0.987. The minimum Gasteiger partial charge on any atom is -0.384 e. The molecule has 0 atom stereocenters. The molecular weight excluding hydrogens is 146 g/mol. The van der Waals surface area contributed by atoms with E-state index in [0.29, 0.717) is 0 Å². The Morgan fingerprint density at radius 3 is 2.50 bits per heavy atom. The van der Waals surface area contributed by atoms with E-state index in [2.05, 4.69) is 31.3 Å². The van der Waals surface area contributed by atoms with Crippen LogP contribution in [0.25, 0.3) is 0 Å². The first-order valence-electron chi connectivity index (χ1n) is 4.43. The molecule has 0 amide bonds. The lowest BCUT2D eigenvalue weighted by Crippen LogP contribution is -2.07. The van der Waals surface area contributed by atoms with Gasteiger partial charge in [0.05, 0.1) is 0 Å². The quantitative estimate of drug-likeness (QED) is 0.717. The van der Waals surface area contributed by atoms with Crippen molar-refractivity contribution in [1.82, 2.24) is 0 Å². The fourth-order valence-corrected chi connectivity index (χ4v) is 0.934. The Bertz CT molecular complexity index is 206. The Kier molecular flexibility index (Phi) is 3.65. The summed E-state index contributed by atoms with van der Waals surface area (Å²) in [5.74, 6) is 1.49. The lowest BCUT2D eigenvalue weighted by Gasteiger charge is -2.10. The third kappa shape index (κ3) is 2.95. The Labute approximate surface area is 74.8 Å². The van der Waals surface area contributed by atoms with Crippen LogP contribution in [0.5, 0.6) is 0 Å². The molecule has 0 aliphatic carbocycles. The fraction of sp³-hybridized carbons (Fsp3) is 0.364. The van der Waals surface area contributed by atoms with Gasteiger partial charge in [-0.1, -0.05) is 32.0 Å². The summed E-state index contributed by atoms with van der Waals surface area (Å²) in [6.07, 6.45) is 1.15. The maximum atomic E-state index is 3.36. The van der Waals surface area contributed by atoms with Crippen LogP contribution in [0.15, 0.2) is 30.3 Å². The van der Waals surface area contributed by atoms with Gasteiger partial charge in [-0.2, -0.15) is 0 Å². The van der Waals surface area contributed by atoms with Gasteiger partial charge in [0.25, 0.3) is 0 Å². The van der Waals surface area contributed by atoms with Gasteiger partial charge in [-0.15, -0.1) is 0 Å². The summed E-state index contributed by atoms with van der Waals surface area (Å²) in [7, 11) is 0. The van der Waals surface area contributed by atoms with Gasteiger partial charge in [-0.25, -0.2) is 0 Å². The molecule has 0 heterocycles. The molecule has 0 fully saturated rings. The van der Waals surface area contributed by atoms with Crippen LogP contribution in [0.1, 0.15) is 20.3 Å². The normalized spacial score (nSPS) is 10.2. The molecule has 1 nitrogen and oxygen atoms in total. The van der Waals surface area contributed by atoms with E-state index in [9.17, 15) is 0 Å². The second kappa shape index (κ2) is 4.81. The summed E-state index contributed by atoms with van der Waals surface area (Å²) >= 11 is 0. The molecule has 0 bridgehead atoms. The average molecular weight is 162 g/mol. The van der Waals surface area contributed by atoms with Crippen LogP contribution in [0.4, 0.5) is 5.69 Å². The molecule has 65 valence electrons. The highest BCUT2D eigenvalue weighted by Gasteiger charge is 1.97. The number of anilines is 1. The van der Waals surface area contributed by atoms with E-state index >= 15 is 0 Å². The number of hydrogen-bond donors (Lipinski definition) is 1. The summed E-state index contributed by atoms with van der Waals surface area (Å²) in [5.41, 5.74) is 1.20. The van der Waals surface area contributed by atoms with Crippen molar-refractivity contribution in [3.63, 3.8) is 0 Å². The molecule has 0 saturated carbocycles. The summed E-state index contributed by atoms with van der Waals surface area (Å²) in [5, 5.41) is 3.36. The van der Waals surface area contributed by atoms with Crippen LogP contribution >= 0.6 is 0 Å². The van der Waals surface area contributed by atoms with E-state index in [1.807, 2.05) is 18.2 Å². The standard InChI is InChI=1S/C11H16N/c1-3-10(2)9-12-11-7-5-4-6-8-11/h4-8,12H,3,9H2,1-2H3. The van der Waals surface area contributed by atoms with Gasteiger partial charge < -0.3 is 5.32 Å². The number of nitrogens with one attached hydrogen (secondary N) is 1. The molecule has 1 aromatic carbocycles. The zero-order valence-corrected chi connectivity index (χ0v) is 7.80. The zero-order chi connectivity index (χ0) is 8.81. The molecule has 0 aromatic heterocycles. The molecule has 1 N–H and O–H groups in total. The monoisotopic (exact) mass is 162 g/mol. The van der Waals surface area contributed by atoms with Crippen molar-refractivity contribution in [3.8, 4) is 0 Å². The first-order chi connectivity index (χ1) is 5.83. The van der Waals surface area contributed by atoms with Crippen molar-refractivity contribution >= 4 is 5.69 Å². The molecule has 0 aliphatic heterocycles. The molecule has 12 heavy (non-hydrogen) atoms. The van der Waals surface area contributed by atoms with Crippen LogP contribution in [0, 0.1) is 5.92 Å². The first kappa shape index (κ1) is 9.11.